The second-order valence-corrected chi connectivity index (χ2v) is 2.23. The molecule has 0 bridgehead atoms. The Morgan fingerprint density at radius 2 is 2.45 bits per heavy atom. The van der Waals surface area contributed by atoms with E-state index in [1.165, 1.54) is 0 Å². The highest BCUT2D eigenvalue weighted by atomic mass is 16.5. The van der Waals surface area contributed by atoms with Crippen molar-refractivity contribution >= 4 is 6.21 Å². The highest BCUT2D eigenvalue weighted by Crippen LogP contribution is 2.13. The molecule has 4 heteroatoms. The van der Waals surface area contributed by atoms with Gasteiger partial charge in [0.25, 0.3) is 0 Å². The molecule has 0 spiro atoms. The minimum atomic E-state index is 0.722. The topological polar surface area (TPSA) is 36.9 Å². The molecular formula is C7H13N3O. The lowest BCUT2D eigenvalue weighted by molar-refractivity contribution is 0.285. The first kappa shape index (κ1) is 8.07. The van der Waals surface area contributed by atoms with Gasteiger partial charge in [-0.05, 0) is 6.92 Å². The Morgan fingerprint density at radius 3 is 3.00 bits per heavy atom. The van der Waals surface area contributed by atoms with Crippen LogP contribution < -0.4 is 5.43 Å². The van der Waals surface area contributed by atoms with Gasteiger partial charge in [0.15, 0.2) is 11.6 Å². The van der Waals surface area contributed by atoms with E-state index in [9.17, 15) is 0 Å². The summed E-state index contributed by atoms with van der Waals surface area (Å²) in [5.41, 5.74) is 3.08. The number of nitrogens with zero attached hydrogens (tertiary/aromatic N) is 2. The fourth-order valence-corrected chi connectivity index (χ4v) is 0.976. The van der Waals surface area contributed by atoms with E-state index in [2.05, 4.69) is 10.4 Å². The first-order valence-electron chi connectivity index (χ1n) is 3.52. The van der Waals surface area contributed by atoms with Crippen LogP contribution in [0.4, 0.5) is 0 Å². The first-order chi connectivity index (χ1) is 5.29. The van der Waals surface area contributed by atoms with Crippen molar-refractivity contribution in [2.75, 3.05) is 20.7 Å². The van der Waals surface area contributed by atoms with E-state index >= 15 is 0 Å². The summed E-state index contributed by atoms with van der Waals surface area (Å²) in [5.74, 6) is 1.74. The first-order valence-corrected chi connectivity index (χ1v) is 3.52. The lowest BCUT2D eigenvalue weighted by atomic mass is 10.5. The SMILES string of the molecule is C/C=N\C1=C(OC)CNN1C. The van der Waals surface area contributed by atoms with Crippen molar-refractivity contribution in [2.24, 2.45) is 4.99 Å². The Labute approximate surface area is 66.5 Å². The molecule has 0 aromatic carbocycles. The van der Waals surface area contributed by atoms with Gasteiger partial charge in [0.1, 0.15) is 0 Å². The van der Waals surface area contributed by atoms with Crippen LogP contribution in [0.15, 0.2) is 16.6 Å². The third-order valence-electron chi connectivity index (χ3n) is 1.54. The predicted octanol–water partition coefficient (Wildman–Crippen LogP) is 0.343. The molecule has 11 heavy (non-hydrogen) atoms. The molecule has 0 unspecified atom stereocenters. The summed E-state index contributed by atoms with van der Waals surface area (Å²) in [4.78, 5) is 4.15. The zero-order valence-corrected chi connectivity index (χ0v) is 7.09. The number of ether oxygens (including phenoxy) is 1. The molecule has 4 nitrogen and oxygen atoms in total. The van der Waals surface area contributed by atoms with Gasteiger partial charge in [-0.2, -0.15) is 0 Å². The maximum absolute atomic E-state index is 5.11. The van der Waals surface area contributed by atoms with E-state index in [0.29, 0.717) is 0 Å². The Morgan fingerprint density at radius 1 is 1.73 bits per heavy atom. The molecule has 1 aliphatic heterocycles. The van der Waals surface area contributed by atoms with E-state index < -0.39 is 0 Å². The van der Waals surface area contributed by atoms with Crippen molar-refractivity contribution in [3.05, 3.63) is 11.6 Å². The van der Waals surface area contributed by atoms with Crippen molar-refractivity contribution < 1.29 is 4.74 Å². The van der Waals surface area contributed by atoms with Crippen molar-refractivity contribution in [1.82, 2.24) is 10.4 Å². The molecule has 0 fully saturated rings. The molecule has 62 valence electrons. The molecule has 1 heterocycles. The van der Waals surface area contributed by atoms with Crippen LogP contribution in [0.3, 0.4) is 0 Å². The Hall–Kier alpha value is -1.03. The second-order valence-electron chi connectivity index (χ2n) is 2.23. The van der Waals surface area contributed by atoms with Crippen LogP contribution in [-0.4, -0.2) is 31.9 Å². The Balaban J connectivity index is 2.80. The van der Waals surface area contributed by atoms with Gasteiger partial charge < -0.3 is 4.74 Å². The van der Waals surface area contributed by atoms with Gasteiger partial charge in [-0.1, -0.05) is 0 Å². The Kier molecular flexibility index (Phi) is 2.48. The molecule has 1 aliphatic rings. The normalized spacial score (nSPS) is 18.6. The van der Waals surface area contributed by atoms with Crippen LogP contribution in [-0.2, 0) is 4.74 Å². The van der Waals surface area contributed by atoms with Crippen LogP contribution in [0, 0.1) is 0 Å². The number of hydrazine groups is 1. The minimum Gasteiger partial charge on any atom is -0.496 e. The largest absolute Gasteiger partial charge is 0.496 e. The molecule has 0 aliphatic carbocycles. The standard InChI is InChI=1S/C7H13N3O/c1-4-8-7-6(11-3)5-9-10(7)2/h4,9H,5H2,1-3H3/b8-4-. The number of nitrogens with one attached hydrogen (secondary N) is 1. The van der Waals surface area contributed by atoms with E-state index in [0.717, 1.165) is 18.1 Å². The average molecular weight is 155 g/mol. The maximum atomic E-state index is 5.11. The fraction of sp³-hybridized carbons (Fsp3) is 0.571. The fourth-order valence-electron chi connectivity index (χ4n) is 0.976. The van der Waals surface area contributed by atoms with Crippen LogP contribution in [0.1, 0.15) is 6.92 Å². The van der Waals surface area contributed by atoms with Crippen LogP contribution in [0.5, 0.6) is 0 Å². The van der Waals surface area contributed by atoms with E-state index in [1.54, 1.807) is 13.3 Å². The second kappa shape index (κ2) is 3.39. The number of hydrogen-bond acceptors (Lipinski definition) is 4. The zero-order valence-electron chi connectivity index (χ0n) is 7.09. The van der Waals surface area contributed by atoms with Gasteiger partial charge in [0, 0.05) is 13.3 Å². The molecule has 0 saturated heterocycles. The lowest BCUT2D eigenvalue weighted by Crippen LogP contribution is -2.26. The number of aliphatic imine (C=N–C) groups is 1. The lowest BCUT2D eigenvalue weighted by Gasteiger charge is -2.10. The van der Waals surface area contributed by atoms with E-state index in [-0.39, 0.29) is 0 Å². The monoisotopic (exact) mass is 155 g/mol. The number of methoxy groups -OCH3 is 1. The van der Waals surface area contributed by atoms with E-state index in [4.69, 9.17) is 4.74 Å². The van der Waals surface area contributed by atoms with Crippen molar-refractivity contribution in [3.8, 4) is 0 Å². The van der Waals surface area contributed by atoms with Gasteiger partial charge >= 0.3 is 0 Å². The van der Waals surface area contributed by atoms with Crippen molar-refractivity contribution in [1.29, 1.82) is 0 Å². The van der Waals surface area contributed by atoms with Gasteiger partial charge in [-0.15, -0.1) is 0 Å². The summed E-state index contributed by atoms with van der Waals surface area (Å²) >= 11 is 0. The molecular weight excluding hydrogens is 142 g/mol. The molecule has 0 aromatic heterocycles. The highest BCUT2D eigenvalue weighted by Gasteiger charge is 2.17. The summed E-state index contributed by atoms with van der Waals surface area (Å²) in [6, 6.07) is 0. The smallest absolute Gasteiger partial charge is 0.182 e. The Bertz CT molecular complexity index is 198. The summed E-state index contributed by atoms with van der Waals surface area (Å²) in [6.45, 7) is 2.60. The van der Waals surface area contributed by atoms with Crippen LogP contribution in [0.2, 0.25) is 0 Å². The van der Waals surface area contributed by atoms with Gasteiger partial charge in [0.2, 0.25) is 0 Å². The predicted molar refractivity (Wildman–Crippen MR) is 44.0 cm³/mol. The minimum absolute atomic E-state index is 0.722. The zero-order chi connectivity index (χ0) is 8.27. The summed E-state index contributed by atoms with van der Waals surface area (Å²) < 4.78 is 5.11. The molecule has 1 N–H and O–H groups in total. The van der Waals surface area contributed by atoms with Gasteiger partial charge in [-0.3, -0.25) is 5.01 Å². The molecule has 1 rings (SSSR count). The van der Waals surface area contributed by atoms with Crippen LogP contribution in [0.25, 0.3) is 0 Å². The van der Waals surface area contributed by atoms with Gasteiger partial charge in [-0.25, -0.2) is 10.4 Å². The quantitative estimate of drug-likeness (QED) is 0.584. The molecule has 0 saturated carbocycles. The molecule has 0 radical (unpaired) electrons. The number of hydrogen-bond donors (Lipinski definition) is 1. The highest BCUT2D eigenvalue weighted by molar-refractivity contribution is 5.55. The number of rotatable bonds is 2. The summed E-state index contributed by atoms with van der Waals surface area (Å²) in [7, 11) is 3.57. The molecule has 0 amide bonds. The maximum Gasteiger partial charge on any atom is 0.182 e. The van der Waals surface area contributed by atoms with Crippen LogP contribution >= 0.6 is 0 Å². The molecule has 0 aromatic rings. The van der Waals surface area contributed by atoms with E-state index in [1.807, 2.05) is 19.0 Å². The summed E-state index contributed by atoms with van der Waals surface area (Å²) in [5, 5.41) is 1.85. The third kappa shape index (κ3) is 1.51. The van der Waals surface area contributed by atoms with Crippen molar-refractivity contribution in [3.63, 3.8) is 0 Å². The molecule has 0 atom stereocenters. The van der Waals surface area contributed by atoms with Gasteiger partial charge in [0.05, 0.1) is 13.7 Å². The average Bonchev–Trinajstić information content (AvgIpc) is 2.34. The summed E-state index contributed by atoms with van der Waals surface area (Å²) in [6.07, 6.45) is 1.75. The van der Waals surface area contributed by atoms with Crippen molar-refractivity contribution in [2.45, 2.75) is 6.92 Å². The third-order valence-corrected chi connectivity index (χ3v) is 1.54.